The van der Waals surface area contributed by atoms with Crippen molar-refractivity contribution in [3.05, 3.63) is 53.9 Å². The highest BCUT2D eigenvalue weighted by atomic mass is 19.1. The van der Waals surface area contributed by atoms with Crippen molar-refractivity contribution >= 4 is 11.5 Å². The van der Waals surface area contributed by atoms with Crippen LogP contribution in [-0.2, 0) is 9.53 Å². The summed E-state index contributed by atoms with van der Waals surface area (Å²) in [6, 6.07) is 6.43. The second kappa shape index (κ2) is 9.08. The predicted molar refractivity (Wildman–Crippen MR) is 79.7 cm³/mol. The quantitative estimate of drug-likeness (QED) is 0.317. The molecule has 0 radical (unpaired) electrons. The minimum absolute atomic E-state index is 0.244. The molecule has 0 saturated heterocycles. The maximum atomic E-state index is 13.0. The molecule has 0 amide bonds. The molecule has 0 fully saturated rings. The number of unbranched alkanes of at least 4 members (excludes halogenated alkanes) is 2. The van der Waals surface area contributed by atoms with Crippen molar-refractivity contribution in [2.75, 3.05) is 7.11 Å². The van der Waals surface area contributed by atoms with Gasteiger partial charge in [-0.2, -0.15) is 0 Å². The number of rotatable bonds is 7. The SMILES string of the molecule is CCCCCC(=CC=CC(=O)OC)c1ccc(F)cc1. The van der Waals surface area contributed by atoms with E-state index in [-0.39, 0.29) is 11.8 Å². The Morgan fingerprint density at radius 1 is 1.25 bits per heavy atom. The zero-order chi connectivity index (χ0) is 14.8. The molecule has 0 heterocycles. The third-order valence-electron chi connectivity index (χ3n) is 3.00. The Bertz CT molecular complexity index is 472. The number of benzene rings is 1. The van der Waals surface area contributed by atoms with Gasteiger partial charge in [0.25, 0.3) is 0 Å². The molecule has 1 rings (SSSR count). The Hall–Kier alpha value is -1.90. The van der Waals surface area contributed by atoms with E-state index in [1.807, 2.05) is 6.08 Å². The van der Waals surface area contributed by atoms with Crippen LogP contribution in [0.15, 0.2) is 42.5 Å². The molecule has 0 bridgehead atoms. The summed E-state index contributed by atoms with van der Waals surface area (Å²) in [7, 11) is 1.35. The fraction of sp³-hybridized carbons (Fsp3) is 0.353. The van der Waals surface area contributed by atoms with Crippen molar-refractivity contribution in [1.29, 1.82) is 0 Å². The van der Waals surface area contributed by atoms with Crippen molar-refractivity contribution in [1.82, 2.24) is 0 Å². The lowest BCUT2D eigenvalue weighted by molar-refractivity contribution is -0.134. The van der Waals surface area contributed by atoms with Crippen molar-refractivity contribution in [2.24, 2.45) is 0 Å². The van der Waals surface area contributed by atoms with Crippen LogP contribution in [0.3, 0.4) is 0 Å². The van der Waals surface area contributed by atoms with E-state index in [1.165, 1.54) is 25.3 Å². The fourth-order valence-corrected chi connectivity index (χ4v) is 1.86. The first-order valence-corrected chi connectivity index (χ1v) is 6.88. The van der Waals surface area contributed by atoms with E-state index in [1.54, 1.807) is 18.2 Å². The smallest absolute Gasteiger partial charge is 0.330 e. The Balaban J connectivity index is 2.83. The molecule has 0 aromatic heterocycles. The highest BCUT2D eigenvalue weighted by Gasteiger charge is 2.01. The van der Waals surface area contributed by atoms with Crippen molar-refractivity contribution < 1.29 is 13.9 Å². The highest BCUT2D eigenvalue weighted by Crippen LogP contribution is 2.21. The van der Waals surface area contributed by atoms with E-state index in [4.69, 9.17) is 0 Å². The zero-order valence-electron chi connectivity index (χ0n) is 12.1. The number of allylic oxidation sites excluding steroid dienone is 3. The standard InChI is InChI=1S/C17H21FO2/c1-3-4-5-7-14(8-6-9-17(19)20-2)15-10-12-16(18)13-11-15/h6,8-13H,3-5,7H2,1-2H3. The molecule has 0 spiro atoms. The molecule has 0 atom stereocenters. The van der Waals surface area contributed by atoms with Gasteiger partial charge in [-0.1, -0.05) is 44.1 Å². The Labute approximate surface area is 120 Å². The molecule has 20 heavy (non-hydrogen) atoms. The summed E-state index contributed by atoms with van der Waals surface area (Å²) in [5, 5.41) is 0. The van der Waals surface area contributed by atoms with Crippen LogP contribution < -0.4 is 0 Å². The summed E-state index contributed by atoms with van der Waals surface area (Å²) in [5.74, 6) is -0.625. The number of ether oxygens (including phenoxy) is 1. The third kappa shape index (κ3) is 5.83. The van der Waals surface area contributed by atoms with E-state index in [2.05, 4.69) is 11.7 Å². The molecule has 108 valence electrons. The Morgan fingerprint density at radius 2 is 1.95 bits per heavy atom. The Kier molecular flexibility index (Phi) is 7.33. The lowest BCUT2D eigenvalue weighted by Gasteiger charge is -2.07. The van der Waals surface area contributed by atoms with Crippen LogP contribution in [0, 0.1) is 5.82 Å². The maximum absolute atomic E-state index is 13.0. The second-order valence-corrected chi connectivity index (χ2v) is 4.54. The highest BCUT2D eigenvalue weighted by molar-refractivity contribution is 5.82. The van der Waals surface area contributed by atoms with Gasteiger partial charge < -0.3 is 4.74 Å². The first-order chi connectivity index (χ1) is 9.67. The molecular weight excluding hydrogens is 255 g/mol. The molecule has 0 unspecified atom stereocenters. The van der Waals surface area contributed by atoms with Gasteiger partial charge in [-0.3, -0.25) is 0 Å². The van der Waals surface area contributed by atoms with Gasteiger partial charge in [-0.15, -0.1) is 0 Å². The largest absolute Gasteiger partial charge is 0.466 e. The van der Waals surface area contributed by atoms with Crippen LogP contribution in [0.5, 0.6) is 0 Å². The number of methoxy groups -OCH3 is 1. The lowest BCUT2D eigenvalue weighted by atomic mass is 9.99. The van der Waals surface area contributed by atoms with Crippen LogP contribution in [0.4, 0.5) is 4.39 Å². The molecule has 0 N–H and O–H groups in total. The number of hydrogen-bond acceptors (Lipinski definition) is 2. The van der Waals surface area contributed by atoms with Crippen LogP contribution >= 0.6 is 0 Å². The summed E-state index contributed by atoms with van der Waals surface area (Å²) in [6.07, 6.45) is 9.23. The van der Waals surface area contributed by atoms with Gasteiger partial charge in [0.05, 0.1) is 7.11 Å². The van der Waals surface area contributed by atoms with E-state index in [0.29, 0.717) is 0 Å². The fourth-order valence-electron chi connectivity index (χ4n) is 1.86. The van der Waals surface area contributed by atoms with Gasteiger partial charge in [-0.25, -0.2) is 9.18 Å². The summed E-state index contributed by atoms with van der Waals surface area (Å²) in [5.41, 5.74) is 2.08. The molecule has 0 aliphatic carbocycles. The Morgan fingerprint density at radius 3 is 2.55 bits per heavy atom. The minimum atomic E-state index is -0.381. The van der Waals surface area contributed by atoms with Gasteiger partial charge in [0, 0.05) is 6.08 Å². The monoisotopic (exact) mass is 276 g/mol. The molecule has 3 heteroatoms. The average Bonchev–Trinajstić information content (AvgIpc) is 2.46. The number of carbonyl (C=O) groups is 1. The second-order valence-electron chi connectivity index (χ2n) is 4.54. The van der Waals surface area contributed by atoms with Gasteiger partial charge in [0.2, 0.25) is 0 Å². The molecule has 1 aromatic carbocycles. The summed E-state index contributed by atoms with van der Waals surface area (Å²) in [4.78, 5) is 11.0. The predicted octanol–water partition coefficient (Wildman–Crippen LogP) is 4.52. The molecular formula is C17H21FO2. The minimum Gasteiger partial charge on any atom is -0.466 e. The van der Waals surface area contributed by atoms with Crippen molar-refractivity contribution in [3.63, 3.8) is 0 Å². The van der Waals surface area contributed by atoms with Gasteiger partial charge in [0.1, 0.15) is 5.82 Å². The van der Waals surface area contributed by atoms with Gasteiger partial charge in [0.15, 0.2) is 0 Å². The van der Waals surface area contributed by atoms with E-state index in [9.17, 15) is 9.18 Å². The lowest BCUT2D eigenvalue weighted by Crippen LogP contribution is -1.93. The van der Waals surface area contributed by atoms with E-state index >= 15 is 0 Å². The molecule has 1 aromatic rings. The summed E-state index contributed by atoms with van der Waals surface area (Å²) >= 11 is 0. The van der Waals surface area contributed by atoms with Crippen LogP contribution in [-0.4, -0.2) is 13.1 Å². The van der Waals surface area contributed by atoms with Crippen LogP contribution in [0.1, 0.15) is 38.2 Å². The molecule has 0 aliphatic heterocycles. The first kappa shape index (κ1) is 16.2. The molecule has 0 saturated carbocycles. The number of carbonyl (C=O) groups excluding carboxylic acids is 1. The summed E-state index contributed by atoms with van der Waals surface area (Å²) in [6.45, 7) is 2.15. The molecule has 0 aliphatic rings. The third-order valence-corrected chi connectivity index (χ3v) is 3.00. The number of hydrogen-bond donors (Lipinski definition) is 0. The van der Waals surface area contributed by atoms with Crippen LogP contribution in [0.2, 0.25) is 0 Å². The normalized spacial score (nSPS) is 11.8. The summed E-state index contributed by atoms with van der Waals surface area (Å²) < 4.78 is 17.5. The average molecular weight is 276 g/mol. The van der Waals surface area contributed by atoms with Crippen molar-refractivity contribution in [2.45, 2.75) is 32.6 Å². The van der Waals surface area contributed by atoms with E-state index in [0.717, 1.165) is 36.8 Å². The van der Waals surface area contributed by atoms with Crippen molar-refractivity contribution in [3.8, 4) is 0 Å². The number of esters is 1. The zero-order valence-corrected chi connectivity index (χ0v) is 12.1. The van der Waals surface area contributed by atoms with Gasteiger partial charge >= 0.3 is 5.97 Å². The molecule has 2 nitrogen and oxygen atoms in total. The number of halogens is 1. The topological polar surface area (TPSA) is 26.3 Å². The van der Waals surface area contributed by atoms with Crippen LogP contribution in [0.25, 0.3) is 5.57 Å². The maximum Gasteiger partial charge on any atom is 0.330 e. The van der Waals surface area contributed by atoms with E-state index < -0.39 is 0 Å². The first-order valence-electron chi connectivity index (χ1n) is 6.88. The van der Waals surface area contributed by atoms with Gasteiger partial charge in [-0.05, 0) is 36.1 Å².